The second-order valence-electron chi connectivity index (χ2n) is 2.48. The Morgan fingerprint density at radius 1 is 1.43 bits per heavy atom. The molecule has 0 spiro atoms. The van der Waals surface area contributed by atoms with E-state index in [2.05, 4.69) is 20.9 Å². The largest absolute Gasteiger partial charge is 0.370 e. The smallest absolute Gasteiger partial charge is 0.186 e. The van der Waals surface area contributed by atoms with Crippen molar-refractivity contribution in [3.8, 4) is 0 Å². The lowest BCUT2D eigenvalue weighted by Gasteiger charge is -2.00. The summed E-state index contributed by atoms with van der Waals surface area (Å²) in [7, 11) is 0. The topological polar surface area (TPSA) is 64.4 Å². The molecule has 0 aliphatic rings. The molecule has 14 heavy (non-hydrogen) atoms. The average molecular weight is 283 g/mol. The third kappa shape index (κ3) is 3.93. The summed E-state index contributed by atoms with van der Waals surface area (Å²) in [6.07, 6.45) is 0. The Kier molecular flexibility index (Phi) is 5.49. The van der Waals surface area contributed by atoms with Crippen molar-refractivity contribution >= 4 is 34.3 Å². The highest BCUT2D eigenvalue weighted by molar-refractivity contribution is 9.10. The standard InChI is InChI=1S/C8H9BrFN3.ClH/c9-7-3-6(10)2-1-5(7)4-13-8(11)12;/h1-3H,4H2,(H4,11,12,13);1H. The van der Waals surface area contributed by atoms with Crippen LogP contribution in [0.1, 0.15) is 5.56 Å². The number of halogens is 3. The predicted molar refractivity (Wildman–Crippen MR) is 60.9 cm³/mol. The van der Waals surface area contributed by atoms with E-state index < -0.39 is 0 Å². The van der Waals surface area contributed by atoms with E-state index in [1.807, 2.05) is 0 Å². The highest BCUT2D eigenvalue weighted by atomic mass is 79.9. The van der Waals surface area contributed by atoms with Crippen LogP contribution in [-0.4, -0.2) is 5.96 Å². The zero-order chi connectivity index (χ0) is 9.84. The molecule has 0 bridgehead atoms. The summed E-state index contributed by atoms with van der Waals surface area (Å²) in [5, 5.41) is 0. The molecule has 3 nitrogen and oxygen atoms in total. The molecule has 6 heteroatoms. The van der Waals surface area contributed by atoms with Gasteiger partial charge in [0.25, 0.3) is 0 Å². The molecule has 78 valence electrons. The Morgan fingerprint density at radius 3 is 2.57 bits per heavy atom. The molecule has 0 aromatic heterocycles. The van der Waals surface area contributed by atoms with Crippen LogP contribution in [0.3, 0.4) is 0 Å². The highest BCUT2D eigenvalue weighted by Crippen LogP contribution is 2.18. The molecule has 0 aliphatic heterocycles. The van der Waals surface area contributed by atoms with Gasteiger partial charge in [0.2, 0.25) is 0 Å². The molecule has 1 aromatic rings. The molecule has 0 saturated carbocycles. The number of benzene rings is 1. The molecule has 1 rings (SSSR count). The maximum atomic E-state index is 12.6. The Labute approximate surface area is 95.9 Å². The fourth-order valence-corrected chi connectivity index (χ4v) is 1.30. The molecule has 4 N–H and O–H groups in total. The quantitative estimate of drug-likeness (QED) is 0.641. The van der Waals surface area contributed by atoms with Gasteiger partial charge in [-0.25, -0.2) is 9.38 Å². The minimum atomic E-state index is -0.291. The molecule has 1 aromatic carbocycles. The van der Waals surface area contributed by atoms with Gasteiger partial charge >= 0.3 is 0 Å². The van der Waals surface area contributed by atoms with Crippen molar-refractivity contribution in [1.82, 2.24) is 0 Å². The van der Waals surface area contributed by atoms with Crippen LogP contribution < -0.4 is 11.5 Å². The molecule has 0 saturated heterocycles. The number of nitrogens with two attached hydrogens (primary N) is 2. The second-order valence-corrected chi connectivity index (χ2v) is 3.33. The van der Waals surface area contributed by atoms with Crippen LogP contribution >= 0.6 is 28.3 Å². The molecule has 0 fully saturated rings. The zero-order valence-electron chi connectivity index (χ0n) is 7.21. The van der Waals surface area contributed by atoms with Gasteiger partial charge in [-0.1, -0.05) is 22.0 Å². The van der Waals surface area contributed by atoms with Gasteiger partial charge in [0.15, 0.2) is 5.96 Å². The van der Waals surface area contributed by atoms with Gasteiger partial charge < -0.3 is 11.5 Å². The summed E-state index contributed by atoms with van der Waals surface area (Å²) in [6, 6.07) is 4.37. The number of nitrogens with zero attached hydrogens (tertiary/aromatic N) is 1. The third-order valence-electron chi connectivity index (χ3n) is 1.45. The summed E-state index contributed by atoms with van der Waals surface area (Å²) in [6.45, 7) is 0.350. The van der Waals surface area contributed by atoms with Gasteiger partial charge in [0, 0.05) is 4.47 Å². The van der Waals surface area contributed by atoms with Crippen LogP contribution in [0.5, 0.6) is 0 Å². The lowest BCUT2D eigenvalue weighted by Crippen LogP contribution is -2.22. The van der Waals surface area contributed by atoms with Crippen molar-refractivity contribution in [2.45, 2.75) is 6.54 Å². The first kappa shape index (κ1) is 13.2. The summed E-state index contributed by atoms with van der Waals surface area (Å²) >= 11 is 3.21. The minimum absolute atomic E-state index is 0. The summed E-state index contributed by atoms with van der Waals surface area (Å²) in [4.78, 5) is 3.81. The van der Waals surface area contributed by atoms with Gasteiger partial charge in [-0.2, -0.15) is 0 Å². The van der Waals surface area contributed by atoms with E-state index in [1.165, 1.54) is 12.1 Å². The second kappa shape index (κ2) is 5.82. The molecule has 0 radical (unpaired) electrons. The van der Waals surface area contributed by atoms with Crippen molar-refractivity contribution in [3.05, 3.63) is 34.1 Å². The van der Waals surface area contributed by atoms with Crippen molar-refractivity contribution in [1.29, 1.82) is 0 Å². The normalized spacial score (nSPS) is 9.00. The Hall–Kier alpha value is -0.810. The SMILES string of the molecule is Cl.NC(N)=NCc1ccc(F)cc1Br. The Bertz CT molecular complexity index is 339. The fourth-order valence-electron chi connectivity index (χ4n) is 0.826. The first-order valence-electron chi connectivity index (χ1n) is 3.59. The molecule has 0 unspecified atom stereocenters. The maximum Gasteiger partial charge on any atom is 0.186 e. The molecular weight excluding hydrogens is 272 g/mol. The average Bonchev–Trinajstić information content (AvgIpc) is 2.02. The van der Waals surface area contributed by atoms with Gasteiger partial charge in [-0.3, -0.25) is 0 Å². The highest BCUT2D eigenvalue weighted by Gasteiger charge is 1.99. The van der Waals surface area contributed by atoms with Crippen LogP contribution in [0.15, 0.2) is 27.7 Å². The number of hydrogen-bond donors (Lipinski definition) is 2. The zero-order valence-corrected chi connectivity index (χ0v) is 9.61. The summed E-state index contributed by atoms with van der Waals surface area (Å²) in [5.41, 5.74) is 11.2. The molecular formula is C8H10BrClFN3. The van der Waals surface area contributed by atoms with Crippen LogP contribution in [0.4, 0.5) is 4.39 Å². The lowest BCUT2D eigenvalue weighted by molar-refractivity contribution is 0.626. The first-order chi connectivity index (χ1) is 6.09. The third-order valence-corrected chi connectivity index (χ3v) is 2.19. The van der Waals surface area contributed by atoms with Crippen LogP contribution in [0.25, 0.3) is 0 Å². The van der Waals surface area contributed by atoms with Crippen molar-refractivity contribution in [3.63, 3.8) is 0 Å². The summed E-state index contributed by atoms with van der Waals surface area (Å²) in [5.74, 6) is -0.267. The molecule has 0 atom stereocenters. The lowest BCUT2D eigenvalue weighted by atomic mass is 10.2. The van der Waals surface area contributed by atoms with Crippen LogP contribution in [0.2, 0.25) is 0 Å². The van der Waals surface area contributed by atoms with Crippen molar-refractivity contribution < 1.29 is 4.39 Å². The molecule has 0 aliphatic carbocycles. The van der Waals surface area contributed by atoms with Crippen LogP contribution in [-0.2, 0) is 6.54 Å². The molecule has 0 amide bonds. The van der Waals surface area contributed by atoms with Crippen molar-refractivity contribution in [2.75, 3.05) is 0 Å². The fraction of sp³-hybridized carbons (Fsp3) is 0.125. The molecule has 0 heterocycles. The predicted octanol–water partition coefficient (Wildman–Crippen LogP) is 1.78. The monoisotopic (exact) mass is 281 g/mol. The first-order valence-corrected chi connectivity index (χ1v) is 4.38. The maximum absolute atomic E-state index is 12.6. The van der Waals surface area contributed by atoms with Gasteiger partial charge in [0.05, 0.1) is 6.54 Å². The van der Waals surface area contributed by atoms with Gasteiger partial charge in [-0.15, -0.1) is 12.4 Å². The van der Waals surface area contributed by atoms with E-state index in [1.54, 1.807) is 6.07 Å². The van der Waals surface area contributed by atoms with E-state index in [4.69, 9.17) is 11.5 Å². The number of hydrogen-bond acceptors (Lipinski definition) is 1. The van der Waals surface area contributed by atoms with E-state index in [0.29, 0.717) is 11.0 Å². The van der Waals surface area contributed by atoms with E-state index in [0.717, 1.165) is 5.56 Å². The van der Waals surface area contributed by atoms with E-state index in [9.17, 15) is 4.39 Å². The number of rotatable bonds is 2. The van der Waals surface area contributed by atoms with E-state index >= 15 is 0 Å². The van der Waals surface area contributed by atoms with Crippen molar-refractivity contribution in [2.24, 2.45) is 16.5 Å². The van der Waals surface area contributed by atoms with E-state index in [-0.39, 0.29) is 24.2 Å². The van der Waals surface area contributed by atoms with Gasteiger partial charge in [0.1, 0.15) is 5.82 Å². The summed E-state index contributed by atoms with van der Waals surface area (Å²) < 4.78 is 13.3. The number of guanidine groups is 1. The van der Waals surface area contributed by atoms with Gasteiger partial charge in [-0.05, 0) is 17.7 Å². The number of aliphatic imine (C=N–C) groups is 1. The Balaban J connectivity index is 0.00000169. The minimum Gasteiger partial charge on any atom is -0.370 e. The van der Waals surface area contributed by atoms with Crippen LogP contribution in [0, 0.1) is 5.82 Å². The Morgan fingerprint density at radius 2 is 2.07 bits per heavy atom.